The summed E-state index contributed by atoms with van der Waals surface area (Å²) in [7, 11) is 0. The fraction of sp³-hybridized carbons (Fsp3) is 0.853. The van der Waals surface area contributed by atoms with Crippen LogP contribution in [0.1, 0.15) is 118 Å². The lowest BCUT2D eigenvalue weighted by Gasteiger charge is -2.58. The van der Waals surface area contributed by atoms with Crippen LogP contribution in [0.5, 0.6) is 0 Å². The molecule has 0 bridgehead atoms. The van der Waals surface area contributed by atoms with E-state index < -0.39 is 0 Å². The van der Waals surface area contributed by atoms with Gasteiger partial charge in [0, 0.05) is 31.0 Å². The van der Waals surface area contributed by atoms with E-state index in [1.165, 1.54) is 44.1 Å². The van der Waals surface area contributed by atoms with Crippen LogP contribution >= 0.6 is 0 Å². The smallest absolute Gasteiger partial charge is 0.313 e. The van der Waals surface area contributed by atoms with Gasteiger partial charge in [0.1, 0.15) is 0 Å². The van der Waals surface area contributed by atoms with E-state index in [1.807, 2.05) is 11.0 Å². The molecule has 222 valence electrons. The molecule has 1 N–H and O–H groups in total. The highest BCUT2D eigenvalue weighted by Crippen LogP contribution is 2.66. The van der Waals surface area contributed by atoms with Crippen LogP contribution in [0.4, 0.5) is 4.79 Å². The van der Waals surface area contributed by atoms with E-state index >= 15 is 0 Å². The predicted molar refractivity (Wildman–Crippen MR) is 159 cm³/mol. The fourth-order valence-electron chi connectivity index (χ4n) is 10.4. The van der Waals surface area contributed by atoms with Gasteiger partial charge in [0.2, 0.25) is 0 Å². The summed E-state index contributed by atoms with van der Waals surface area (Å²) in [5.41, 5.74) is 3.16. The third-order valence-corrected chi connectivity index (χ3v) is 13.2. The number of nitrogens with zero attached hydrogens (tertiary/aromatic N) is 2. The van der Waals surface area contributed by atoms with Crippen molar-refractivity contribution in [3.05, 3.63) is 11.6 Å². The summed E-state index contributed by atoms with van der Waals surface area (Å²) in [5.74, 6) is 2.84. The van der Waals surface area contributed by atoms with Crippen LogP contribution in [0.15, 0.2) is 16.8 Å². The summed E-state index contributed by atoms with van der Waals surface area (Å²) in [6.45, 7) is 13.5. The van der Waals surface area contributed by atoms with Crippen LogP contribution in [0, 0.1) is 39.9 Å². The molecule has 6 rings (SSSR count). The van der Waals surface area contributed by atoms with Gasteiger partial charge in [-0.15, -0.1) is 0 Å². The second-order valence-electron chi connectivity index (χ2n) is 15.5. The maximum absolute atomic E-state index is 13.4. The van der Waals surface area contributed by atoms with E-state index in [2.05, 4.69) is 45.1 Å². The molecule has 0 spiro atoms. The first kappa shape index (κ1) is 28.4. The number of hydrogen-bond acceptors (Lipinski definition) is 5. The number of fused-ring (bicyclic) bond motifs is 5. The monoisotopic (exact) mass is 551 g/mol. The minimum absolute atomic E-state index is 0.211. The van der Waals surface area contributed by atoms with E-state index in [1.54, 1.807) is 0 Å². The van der Waals surface area contributed by atoms with Crippen molar-refractivity contribution in [2.75, 3.05) is 13.1 Å². The van der Waals surface area contributed by atoms with Gasteiger partial charge in [0.25, 0.3) is 0 Å². The standard InChI is InChI=1S/C34H53N3O3/c1-22(36-40-31(39)37(24-7-6-8-24)20-15-30-32(2,3)18-19-35-30)27-11-12-28-26-10-9-23-21-25(38)13-16-33(23,4)29(26)14-17-34(27,28)5/h21,24,26-30,35H,6-20H2,1-5H3/b36-22+/t26-,27+,28-,29-,30?,33-,34+/m0/s1. The molecule has 6 nitrogen and oxygen atoms in total. The van der Waals surface area contributed by atoms with Gasteiger partial charge in [-0.1, -0.05) is 38.4 Å². The lowest BCUT2D eigenvalue weighted by Crippen LogP contribution is -2.51. The number of carbonyl (C=O) groups excluding carboxylic acids is 2. The highest BCUT2D eigenvalue weighted by Gasteiger charge is 2.59. The first-order chi connectivity index (χ1) is 19.0. The molecule has 0 aromatic heterocycles. The number of hydrogen-bond donors (Lipinski definition) is 1. The third kappa shape index (κ3) is 4.78. The number of nitrogens with one attached hydrogen (secondary N) is 1. The van der Waals surface area contributed by atoms with Crippen LogP contribution in [-0.4, -0.2) is 47.7 Å². The summed E-state index contributed by atoms with van der Waals surface area (Å²) in [4.78, 5) is 33.2. The van der Waals surface area contributed by atoms with Crippen LogP contribution in [0.2, 0.25) is 0 Å². The molecule has 1 aliphatic heterocycles. The molecule has 0 aromatic rings. The molecule has 0 aromatic carbocycles. The Morgan fingerprint density at radius 3 is 2.52 bits per heavy atom. The average Bonchev–Trinajstić information content (AvgIpc) is 3.42. The fourth-order valence-corrected chi connectivity index (χ4v) is 10.4. The Balaban J connectivity index is 1.11. The molecule has 1 saturated heterocycles. The molecule has 5 aliphatic carbocycles. The second kappa shape index (κ2) is 10.5. The van der Waals surface area contributed by atoms with Gasteiger partial charge in [-0.05, 0) is 131 Å². The van der Waals surface area contributed by atoms with E-state index in [0.717, 1.165) is 69.7 Å². The van der Waals surface area contributed by atoms with Gasteiger partial charge in [-0.2, -0.15) is 0 Å². The first-order valence-electron chi connectivity index (χ1n) is 16.5. The Labute approximate surface area is 242 Å². The molecule has 7 atom stereocenters. The predicted octanol–water partition coefficient (Wildman–Crippen LogP) is 7.28. The van der Waals surface area contributed by atoms with Gasteiger partial charge in [0.05, 0.1) is 5.71 Å². The van der Waals surface area contributed by atoms with Crippen molar-refractivity contribution in [2.24, 2.45) is 45.1 Å². The third-order valence-electron chi connectivity index (χ3n) is 13.2. The molecule has 1 heterocycles. The van der Waals surface area contributed by atoms with Gasteiger partial charge >= 0.3 is 6.09 Å². The zero-order valence-electron chi connectivity index (χ0n) is 25.8. The van der Waals surface area contributed by atoms with E-state index in [4.69, 9.17) is 4.84 Å². The number of rotatable bonds is 6. The number of carbonyl (C=O) groups is 2. The summed E-state index contributed by atoms with van der Waals surface area (Å²) in [6, 6.07) is 0.749. The van der Waals surface area contributed by atoms with Crippen molar-refractivity contribution < 1.29 is 14.4 Å². The van der Waals surface area contributed by atoms with Crippen molar-refractivity contribution >= 4 is 17.6 Å². The quantitative estimate of drug-likeness (QED) is 0.214. The molecule has 6 heteroatoms. The second-order valence-corrected chi connectivity index (χ2v) is 15.5. The number of ketones is 1. The summed E-state index contributed by atoms with van der Waals surface area (Å²) >= 11 is 0. The number of amides is 1. The van der Waals surface area contributed by atoms with E-state index in [0.29, 0.717) is 35.6 Å². The van der Waals surface area contributed by atoms with Crippen molar-refractivity contribution in [3.63, 3.8) is 0 Å². The molecular formula is C34H53N3O3. The molecule has 1 amide bonds. The molecular weight excluding hydrogens is 498 g/mol. The number of oxime groups is 1. The summed E-state index contributed by atoms with van der Waals surface area (Å²) in [5, 5.41) is 8.22. The van der Waals surface area contributed by atoms with Gasteiger partial charge in [-0.25, -0.2) is 4.79 Å². The Hall–Kier alpha value is -1.69. The maximum atomic E-state index is 13.4. The SMILES string of the molecule is C/C(=N\OC(=O)N(CCC1NCCC1(C)C)C1CCC1)[C@H]1CC[C@H]2[C@@H]3CCC4=CC(=O)CC[C@]4(C)[C@H]3CC[C@]12C. The van der Waals surface area contributed by atoms with Crippen molar-refractivity contribution in [1.82, 2.24) is 10.2 Å². The minimum Gasteiger partial charge on any atom is -0.313 e. The lowest BCUT2D eigenvalue weighted by atomic mass is 9.46. The Kier molecular flexibility index (Phi) is 7.49. The van der Waals surface area contributed by atoms with Gasteiger partial charge in [0.15, 0.2) is 5.78 Å². The van der Waals surface area contributed by atoms with Crippen LogP contribution in [0.25, 0.3) is 0 Å². The molecule has 1 unspecified atom stereocenters. The normalized spacial score (nSPS) is 40.9. The zero-order valence-corrected chi connectivity index (χ0v) is 25.8. The Morgan fingerprint density at radius 2 is 1.82 bits per heavy atom. The van der Waals surface area contributed by atoms with Crippen LogP contribution < -0.4 is 5.32 Å². The van der Waals surface area contributed by atoms with E-state index in [-0.39, 0.29) is 22.3 Å². The minimum atomic E-state index is -0.255. The summed E-state index contributed by atoms with van der Waals surface area (Å²) in [6.07, 6.45) is 16.2. The molecule has 40 heavy (non-hydrogen) atoms. The average molecular weight is 552 g/mol. The molecule has 6 aliphatic rings. The highest BCUT2D eigenvalue weighted by molar-refractivity contribution is 5.91. The Bertz CT molecular complexity index is 1080. The lowest BCUT2D eigenvalue weighted by molar-refractivity contribution is -0.117. The molecule has 0 radical (unpaired) electrons. The van der Waals surface area contributed by atoms with Gasteiger partial charge in [-0.3, -0.25) is 9.63 Å². The number of allylic oxidation sites excluding steroid dienone is 1. The topological polar surface area (TPSA) is 71.0 Å². The summed E-state index contributed by atoms with van der Waals surface area (Å²) < 4.78 is 0. The van der Waals surface area contributed by atoms with Crippen LogP contribution in [0.3, 0.4) is 0 Å². The van der Waals surface area contributed by atoms with E-state index in [9.17, 15) is 9.59 Å². The van der Waals surface area contributed by atoms with Crippen LogP contribution in [-0.2, 0) is 9.63 Å². The largest absolute Gasteiger partial charge is 0.436 e. The van der Waals surface area contributed by atoms with Gasteiger partial charge < -0.3 is 10.2 Å². The maximum Gasteiger partial charge on any atom is 0.436 e. The zero-order chi connectivity index (χ0) is 28.3. The van der Waals surface area contributed by atoms with Crippen molar-refractivity contribution in [2.45, 2.75) is 130 Å². The first-order valence-corrected chi connectivity index (χ1v) is 16.5. The highest BCUT2D eigenvalue weighted by atomic mass is 16.7. The molecule has 4 saturated carbocycles. The Morgan fingerprint density at radius 1 is 1.02 bits per heavy atom. The van der Waals surface area contributed by atoms with Crippen molar-refractivity contribution in [3.8, 4) is 0 Å². The van der Waals surface area contributed by atoms with Crippen molar-refractivity contribution in [1.29, 1.82) is 0 Å². The molecule has 5 fully saturated rings.